The van der Waals surface area contributed by atoms with E-state index in [0.717, 1.165) is 29.7 Å². The predicted octanol–water partition coefficient (Wildman–Crippen LogP) is 4.61. The van der Waals surface area contributed by atoms with Crippen LogP contribution in [0.5, 0.6) is 5.75 Å². The van der Waals surface area contributed by atoms with Gasteiger partial charge in [0.1, 0.15) is 5.75 Å². The second kappa shape index (κ2) is 5.51. The molecule has 6 unspecified atom stereocenters. The molecule has 4 rings (SSSR count). The van der Waals surface area contributed by atoms with Gasteiger partial charge in [0.15, 0.2) is 5.78 Å². The standard InChI is InChI=1S/C21H26O2/c1-12-7-14(3-5-20(12)22)18-10-17-9-16(18)11-19(17)15-4-6-21(23)13(2)8-15/h3-7,13,15-19,22H,8-11H2,1-2H3. The number of aromatic hydroxyl groups is 1. The molecular weight excluding hydrogens is 284 g/mol. The maximum atomic E-state index is 11.7. The first-order valence-electron chi connectivity index (χ1n) is 9.04. The molecule has 3 aliphatic rings. The number of allylic oxidation sites excluding steroid dienone is 2. The Morgan fingerprint density at radius 3 is 2.57 bits per heavy atom. The minimum absolute atomic E-state index is 0.208. The third-order valence-corrected chi connectivity index (χ3v) is 6.73. The van der Waals surface area contributed by atoms with Gasteiger partial charge < -0.3 is 5.11 Å². The summed E-state index contributed by atoms with van der Waals surface area (Å²) in [6, 6.07) is 6.15. The largest absolute Gasteiger partial charge is 0.508 e. The smallest absolute Gasteiger partial charge is 0.158 e. The summed E-state index contributed by atoms with van der Waals surface area (Å²) in [5.41, 5.74) is 2.40. The minimum atomic E-state index is 0.208. The average molecular weight is 310 g/mol. The van der Waals surface area contributed by atoms with E-state index in [1.54, 1.807) is 0 Å². The molecule has 0 amide bonds. The highest BCUT2D eigenvalue weighted by Gasteiger charge is 2.48. The van der Waals surface area contributed by atoms with Crippen molar-refractivity contribution in [3.05, 3.63) is 41.5 Å². The quantitative estimate of drug-likeness (QED) is 0.866. The number of rotatable bonds is 2. The molecule has 2 heteroatoms. The van der Waals surface area contributed by atoms with Gasteiger partial charge in [0.25, 0.3) is 0 Å². The first-order valence-corrected chi connectivity index (χ1v) is 9.04. The van der Waals surface area contributed by atoms with Crippen molar-refractivity contribution in [2.75, 3.05) is 0 Å². The SMILES string of the molecule is Cc1cc(C2CC3CC2CC3C2C=CC(=O)C(C)C2)ccc1O. The van der Waals surface area contributed by atoms with Crippen molar-refractivity contribution in [3.8, 4) is 5.75 Å². The molecule has 1 aromatic rings. The summed E-state index contributed by atoms with van der Waals surface area (Å²) < 4.78 is 0. The van der Waals surface area contributed by atoms with E-state index in [0.29, 0.717) is 23.4 Å². The normalized spacial score (nSPS) is 39.1. The van der Waals surface area contributed by atoms with Crippen LogP contribution in [0.2, 0.25) is 0 Å². The first kappa shape index (κ1) is 15.0. The number of carbonyl (C=O) groups excluding carboxylic acids is 1. The molecule has 122 valence electrons. The molecule has 0 spiro atoms. The molecule has 1 N–H and O–H groups in total. The van der Waals surface area contributed by atoms with Gasteiger partial charge in [-0.15, -0.1) is 0 Å². The molecule has 1 aromatic carbocycles. The topological polar surface area (TPSA) is 37.3 Å². The zero-order valence-corrected chi connectivity index (χ0v) is 14.0. The number of fused-ring (bicyclic) bond motifs is 2. The van der Waals surface area contributed by atoms with Gasteiger partial charge in [-0.3, -0.25) is 4.79 Å². The maximum Gasteiger partial charge on any atom is 0.158 e. The highest BCUT2D eigenvalue weighted by Crippen LogP contribution is 2.58. The number of benzene rings is 1. The van der Waals surface area contributed by atoms with Gasteiger partial charge in [0, 0.05) is 5.92 Å². The van der Waals surface area contributed by atoms with Crippen molar-refractivity contribution >= 4 is 5.78 Å². The number of ketones is 1. The average Bonchev–Trinajstić information content (AvgIpc) is 3.13. The van der Waals surface area contributed by atoms with Gasteiger partial charge in [-0.2, -0.15) is 0 Å². The lowest BCUT2D eigenvalue weighted by Gasteiger charge is -2.35. The molecular formula is C21H26O2. The van der Waals surface area contributed by atoms with Gasteiger partial charge in [-0.05, 0) is 85.5 Å². The molecule has 3 aliphatic carbocycles. The molecule has 0 heterocycles. The van der Waals surface area contributed by atoms with Crippen LogP contribution in [0.25, 0.3) is 0 Å². The van der Waals surface area contributed by atoms with Gasteiger partial charge in [0.05, 0.1) is 0 Å². The zero-order valence-electron chi connectivity index (χ0n) is 14.0. The lowest BCUT2D eigenvalue weighted by molar-refractivity contribution is -0.118. The van der Waals surface area contributed by atoms with Crippen LogP contribution >= 0.6 is 0 Å². The van der Waals surface area contributed by atoms with Crippen LogP contribution in [0, 0.1) is 36.5 Å². The summed E-state index contributed by atoms with van der Waals surface area (Å²) >= 11 is 0. The molecule has 0 saturated heterocycles. The molecule has 23 heavy (non-hydrogen) atoms. The van der Waals surface area contributed by atoms with Crippen LogP contribution in [0.15, 0.2) is 30.4 Å². The lowest BCUT2D eigenvalue weighted by Crippen LogP contribution is -2.28. The van der Waals surface area contributed by atoms with Crippen LogP contribution in [0.4, 0.5) is 0 Å². The molecule has 0 aliphatic heterocycles. The molecule has 2 saturated carbocycles. The fourth-order valence-corrected chi connectivity index (χ4v) is 5.47. The first-order chi connectivity index (χ1) is 11.0. The number of phenols is 1. The second-order valence-electron chi connectivity index (χ2n) is 8.11. The van der Waals surface area contributed by atoms with Crippen LogP contribution in [0.1, 0.15) is 49.7 Å². The van der Waals surface area contributed by atoms with Gasteiger partial charge in [-0.1, -0.05) is 25.1 Å². The van der Waals surface area contributed by atoms with Crippen molar-refractivity contribution < 1.29 is 9.90 Å². The Balaban J connectivity index is 1.48. The van der Waals surface area contributed by atoms with Crippen molar-refractivity contribution in [1.82, 2.24) is 0 Å². The van der Waals surface area contributed by atoms with Gasteiger partial charge >= 0.3 is 0 Å². The van der Waals surface area contributed by atoms with E-state index in [9.17, 15) is 9.90 Å². The van der Waals surface area contributed by atoms with Gasteiger partial charge in [-0.25, -0.2) is 0 Å². The van der Waals surface area contributed by atoms with E-state index in [1.165, 1.54) is 24.8 Å². The van der Waals surface area contributed by atoms with E-state index in [-0.39, 0.29) is 5.92 Å². The number of aryl methyl sites for hydroxylation is 1. The number of phenolic OH excluding ortho intramolecular Hbond substituents is 1. The lowest BCUT2D eigenvalue weighted by atomic mass is 9.70. The van der Waals surface area contributed by atoms with Crippen molar-refractivity contribution in [1.29, 1.82) is 0 Å². The van der Waals surface area contributed by atoms with E-state index < -0.39 is 0 Å². The third kappa shape index (κ3) is 2.52. The summed E-state index contributed by atoms with van der Waals surface area (Å²) in [6.45, 7) is 4.06. The Morgan fingerprint density at radius 2 is 1.91 bits per heavy atom. The van der Waals surface area contributed by atoms with Crippen LogP contribution in [-0.4, -0.2) is 10.9 Å². The Morgan fingerprint density at radius 1 is 1.09 bits per heavy atom. The Hall–Kier alpha value is -1.57. The Kier molecular flexibility index (Phi) is 3.59. The number of carbonyl (C=O) groups is 1. The molecule has 0 radical (unpaired) electrons. The minimum Gasteiger partial charge on any atom is -0.508 e. The molecule has 0 aromatic heterocycles. The maximum absolute atomic E-state index is 11.7. The van der Waals surface area contributed by atoms with Crippen LogP contribution in [0.3, 0.4) is 0 Å². The molecule has 2 bridgehead atoms. The van der Waals surface area contributed by atoms with E-state index in [2.05, 4.69) is 25.1 Å². The van der Waals surface area contributed by atoms with E-state index in [1.807, 2.05) is 19.1 Å². The van der Waals surface area contributed by atoms with Crippen molar-refractivity contribution in [2.45, 2.75) is 45.4 Å². The van der Waals surface area contributed by atoms with Crippen molar-refractivity contribution in [3.63, 3.8) is 0 Å². The van der Waals surface area contributed by atoms with Gasteiger partial charge in [0.2, 0.25) is 0 Å². The van der Waals surface area contributed by atoms with Crippen LogP contribution in [-0.2, 0) is 4.79 Å². The summed E-state index contributed by atoms with van der Waals surface area (Å²) in [5.74, 6) is 4.58. The van der Waals surface area contributed by atoms with E-state index in [4.69, 9.17) is 0 Å². The van der Waals surface area contributed by atoms with Crippen molar-refractivity contribution in [2.24, 2.45) is 29.6 Å². The zero-order chi connectivity index (χ0) is 16.1. The molecule has 6 atom stereocenters. The van der Waals surface area contributed by atoms with E-state index >= 15 is 0 Å². The Bertz CT molecular complexity index is 660. The third-order valence-electron chi connectivity index (χ3n) is 6.73. The highest BCUT2D eigenvalue weighted by atomic mass is 16.3. The highest BCUT2D eigenvalue weighted by molar-refractivity contribution is 5.92. The number of hydrogen-bond donors (Lipinski definition) is 1. The monoisotopic (exact) mass is 310 g/mol. The fourth-order valence-electron chi connectivity index (χ4n) is 5.47. The predicted molar refractivity (Wildman–Crippen MR) is 91.3 cm³/mol. The molecule has 2 nitrogen and oxygen atoms in total. The number of hydrogen-bond acceptors (Lipinski definition) is 2. The fraction of sp³-hybridized carbons (Fsp3) is 0.571. The summed E-state index contributed by atoms with van der Waals surface area (Å²) in [7, 11) is 0. The summed E-state index contributed by atoms with van der Waals surface area (Å²) in [6.07, 6.45) is 9.03. The van der Waals surface area contributed by atoms with Crippen LogP contribution < -0.4 is 0 Å². The summed E-state index contributed by atoms with van der Waals surface area (Å²) in [5, 5.41) is 9.74. The second-order valence-corrected chi connectivity index (χ2v) is 8.11. The Labute approximate surface area is 138 Å². The summed E-state index contributed by atoms with van der Waals surface area (Å²) in [4.78, 5) is 11.7. The molecule has 2 fully saturated rings.